The third-order valence-electron chi connectivity index (χ3n) is 4.91. The van der Waals surface area contributed by atoms with Gasteiger partial charge in [-0.3, -0.25) is 10.3 Å². The lowest BCUT2D eigenvalue weighted by Crippen LogP contribution is -2.55. The summed E-state index contributed by atoms with van der Waals surface area (Å²) in [6.07, 6.45) is 3.25. The number of carboxylic acid groups (broad SMARTS) is 1. The SMILES string of the molecule is N=C1CCCC(C(=O)O)N1C(=O)NCC1(c2ccc(O)cc2)CC1. The van der Waals surface area contributed by atoms with Crippen LogP contribution in [0.5, 0.6) is 5.75 Å². The van der Waals surface area contributed by atoms with Crippen LogP contribution in [0.1, 0.15) is 37.7 Å². The Balaban J connectivity index is 1.67. The summed E-state index contributed by atoms with van der Waals surface area (Å²) in [7, 11) is 0. The molecule has 3 rings (SSSR count). The number of piperidine rings is 1. The monoisotopic (exact) mass is 331 g/mol. The highest BCUT2D eigenvalue weighted by Crippen LogP contribution is 2.47. The Morgan fingerprint density at radius 3 is 2.54 bits per heavy atom. The van der Waals surface area contributed by atoms with E-state index in [2.05, 4.69) is 5.32 Å². The first-order chi connectivity index (χ1) is 11.4. The van der Waals surface area contributed by atoms with Crippen molar-refractivity contribution in [3.8, 4) is 5.75 Å². The molecule has 1 aromatic rings. The topological polar surface area (TPSA) is 114 Å². The number of nitrogens with one attached hydrogen (secondary N) is 2. The zero-order valence-electron chi connectivity index (χ0n) is 13.3. The Morgan fingerprint density at radius 2 is 1.96 bits per heavy atom. The Bertz CT molecular complexity index is 667. The van der Waals surface area contributed by atoms with Crippen LogP contribution < -0.4 is 5.32 Å². The van der Waals surface area contributed by atoms with E-state index < -0.39 is 18.0 Å². The average Bonchev–Trinajstić information content (AvgIpc) is 3.34. The summed E-state index contributed by atoms with van der Waals surface area (Å²) in [5.74, 6) is -0.820. The van der Waals surface area contributed by atoms with E-state index in [1.165, 1.54) is 0 Å². The number of carbonyl (C=O) groups excluding carboxylic acids is 1. The standard InChI is InChI=1S/C17H21N3O4/c18-14-3-1-2-13(15(22)23)20(14)16(24)19-10-17(8-9-17)11-4-6-12(21)7-5-11/h4-7,13,18,21H,1-3,8-10H2,(H,19,24)(H,22,23). The van der Waals surface area contributed by atoms with Crippen LogP contribution in [-0.4, -0.2) is 45.5 Å². The number of phenolic OH excluding ortho intramolecular Hbond substituents is 1. The quantitative estimate of drug-likeness (QED) is 0.676. The van der Waals surface area contributed by atoms with E-state index in [-0.39, 0.29) is 17.0 Å². The summed E-state index contributed by atoms with van der Waals surface area (Å²) >= 11 is 0. The minimum absolute atomic E-state index is 0.0561. The number of hydrogen-bond donors (Lipinski definition) is 4. The van der Waals surface area contributed by atoms with Crippen molar-refractivity contribution >= 4 is 17.8 Å². The molecule has 1 aliphatic carbocycles. The maximum atomic E-state index is 12.5. The highest BCUT2D eigenvalue weighted by Gasteiger charge is 2.45. The van der Waals surface area contributed by atoms with Crippen molar-refractivity contribution < 1.29 is 19.8 Å². The molecule has 1 atom stereocenters. The van der Waals surface area contributed by atoms with Crippen LogP contribution in [0.2, 0.25) is 0 Å². The van der Waals surface area contributed by atoms with Gasteiger partial charge in [-0.25, -0.2) is 9.59 Å². The highest BCUT2D eigenvalue weighted by atomic mass is 16.4. The number of benzene rings is 1. The lowest BCUT2D eigenvalue weighted by atomic mass is 9.96. The van der Waals surface area contributed by atoms with Crippen molar-refractivity contribution in [1.29, 1.82) is 5.41 Å². The predicted octanol–water partition coefficient (Wildman–Crippen LogP) is 2.05. The molecule has 7 nitrogen and oxygen atoms in total. The molecule has 24 heavy (non-hydrogen) atoms. The van der Waals surface area contributed by atoms with Gasteiger partial charge in [-0.1, -0.05) is 12.1 Å². The van der Waals surface area contributed by atoms with E-state index in [1.54, 1.807) is 12.1 Å². The smallest absolute Gasteiger partial charge is 0.326 e. The summed E-state index contributed by atoms with van der Waals surface area (Å²) in [6.45, 7) is 0.396. The molecule has 1 saturated carbocycles. The molecule has 1 aromatic carbocycles. The summed E-state index contributed by atoms with van der Waals surface area (Å²) in [4.78, 5) is 24.9. The molecule has 7 heteroatoms. The number of hydrogen-bond acceptors (Lipinski definition) is 4. The second-order valence-corrected chi connectivity index (χ2v) is 6.55. The largest absolute Gasteiger partial charge is 0.508 e. The number of rotatable bonds is 4. The molecular weight excluding hydrogens is 310 g/mol. The fraction of sp³-hybridized carbons (Fsp3) is 0.471. The van der Waals surface area contributed by atoms with E-state index >= 15 is 0 Å². The highest BCUT2D eigenvalue weighted by molar-refractivity contribution is 6.00. The second-order valence-electron chi connectivity index (χ2n) is 6.55. The van der Waals surface area contributed by atoms with Gasteiger partial charge in [0.25, 0.3) is 0 Å². The Labute approximate surface area is 139 Å². The van der Waals surface area contributed by atoms with E-state index in [0.29, 0.717) is 25.8 Å². The molecule has 2 aliphatic rings. The Morgan fingerprint density at radius 1 is 1.29 bits per heavy atom. The number of amides is 2. The van der Waals surface area contributed by atoms with Crippen LogP contribution in [0.15, 0.2) is 24.3 Å². The Hall–Kier alpha value is -2.57. The van der Waals surface area contributed by atoms with Gasteiger partial charge in [-0.15, -0.1) is 0 Å². The van der Waals surface area contributed by atoms with Crippen molar-refractivity contribution in [3.05, 3.63) is 29.8 Å². The van der Waals surface area contributed by atoms with E-state index in [4.69, 9.17) is 5.41 Å². The zero-order chi connectivity index (χ0) is 17.3. The van der Waals surface area contributed by atoms with Gasteiger partial charge in [-0.2, -0.15) is 0 Å². The normalized spacial score (nSPS) is 22.1. The van der Waals surface area contributed by atoms with Crippen LogP contribution in [0.3, 0.4) is 0 Å². The number of amidine groups is 1. The van der Waals surface area contributed by atoms with Gasteiger partial charge in [0.15, 0.2) is 0 Å². The van der Waals surface area contributed by atoms with Gasteiger partial charge in [0.05, 0.1) is 0 Å². The van der Waals surface area contributed by atoms with Gasteiger partial charge < -0.3 is 15.5 Å². The number of urea groups is 1. The third-order valence-corrected chi connectivity index (χ3v) is 4.91. The minimum Gasteiger partial charge on any atom is -0.508 e. The number of likely N-dealkylation sites (tertiary alicyclic amines) is 1. The molecule has 1 heterocycles. The summed E-state index contributed by atoms with van der Waals surface area (Å²) in [5.41, 5.74) is 0.893. The first-order valence-electron chi connectivity index (χ1n) is 8.10. The van der Waals surface area contributed by atoms with Crippen molar-refractivity contribution in [2.24, 2.45) is 0 Å². The predicted molar refractivity (Wildman–Crippen MR) is 87.3 cm³/mol. The number of nitrogens with zero attached hydrogens (tertiary/aromatic N) is 1. The average molecular weight is 331 g/mol. The molecule has 1 saturated heterocycles. The molecule has 1 unspecified atom stereocenters. The third kappa shape index (κ3) is 3.06. The number of carboxylic acids is 1. The molecule has 0 aromatic heterocycles. The lowest BCUT2D eigenvalue weighted by Gasteiger charge is -2.33. The summed E-state index contributed by atoms with van der Waals surface area (Å²) in [6, 6.07) is 5.46. The molecule has 0 radical (unpaired) electrons. The number of aromatic hydroxyl groups is 1. The first kappa shape index (κ1) is 16.3. The first-order valence-corrected chi connectivity index (χ1v) is 8.10. The number of phenols is 1. The molecule has 128 valence electrons. The maximum absolute atomic E-state index is 12.5. The maximum Gasteiger partial charge on any atom is 0.326 e. The van der Waals surface area contributed by atoms with Crippen molar-refractivity contribution in [1.82, 2.24) is 10.2 Å². The fourth-order valence-electron chi connectivity index (χ4n) is 3.26. The van der Waals surface area contributed by atoms with Gasteiger partial charge >= 0.3 is 12.0 Å². The fourth-order valence-corrected chi connectivity index (χ4v) is 3.26. The van der Waals surface area contributed by atoms with Crippen molar-refractivity contribution in [2.45, 2.75) is 43.6 Å². The van der Waals surface area contributed by atoms with Crippen LogP contribution in [0, 0.1) is 5.41 Å². The molecule has 2 amide bonds. The summed E-state index contributed by atoms with van der Waals surface area (Å²) < 4.78 is 0. The van der Waals surface area contributed by atoms with Crippen LogP contribution >= 0.6 is 0 Å². The van der Waals surface area contributed by atoms with Gasteiger partial charge in [-0.05, 0) is 43.4 Å². The van der Waals surface area contributed by atoms with E-state index in [0.717, 1.165) is 23.3 Å². The minimum atomic E-state index is -1.07. The molecule has 1 aliphatic heterocycles. The van der Waals surface area contributed by atoms with Gasteiger partial charge in [0, 0.05) is 18.4 Å². The van der Waals surface area contributed by atoms with E-state index in [1.807, 2.05) is 12.1 Å². The van der Waals surface area contributed by atoms with Crippen LogP contribution in [0.4, 0.5) is 4.79 Å². The van der Waals surface area contributed by atoms with E-state index in [9.17, 15) is 19.8 Å². The number of aliphatic carboxylic acids is 1. The molecule has 2 fully saturated rings. The number of carbonyl (C=O) groups is 2. The Kier molecular flexibility index (Phi) is 4.17. The van der Waals surface area contributed by atoms with Gasteiger partial charge in [0.2, 0.25) is 0 Å². The lowest BCUT2D eigenvalue weighted by molar-refractivity contribution is -0.141. The van der Waals surface area contributed by atoms with Crippen molar-refractivity contribution in [3.63, 3.8) is 0 Å². The molecule has 0 spiro atoms. The zero-order valence-corrected chi connectivity index (χ0v) is 13.3. The second kappa shape index (κ2) is 6.14. The van der Waals surface area contributed by atoms with Crippen molar-refractivity contribution in [2.75, 3.05) is 6.54 Å². The van der Waals surface area contributed by atoms with Gasteiger partial charge in [0.1, 0.15) is 17.6 Å². The molecular formula is C17H21N3O4. The molecule has 4 N–H and O–H groups in total. The van der Waals surface area contributed by atoms with Crippen LogP contribution in [0.25, 0.3) is 0 Å². The van der Waals surface area contributed by atoms with Crippen LogP contribution in [-0.2, 0) is 10.2 Å². The summed E-state index contributed by atoms with van der Waals surface area (Å²) in [5, 5.41) is 29.4. The molecule has 0 bridgehead atoms.